The van der Waals surface area contributed by atoms with E-state index in [1.165, 1.54) is 12.1 Å². The van der Waals surface area contributed by atoms with E-state index in [0.29, 0.717) is 12.2 Å². The van der Waals surface area contributed by atoms with Crippen molar-refractivity contribution in [3.63, 3.8) is 0 Å². The number of aryl methyl sites for hydroxylation is 2. The molecule has 0 heterocycles. The van der Waals surface area contributed by atoms with Crippen LogP contribution >= 0.6 is 0 Å². The number of benzene rings is 3. The first-order valence-electron chi connectivity index (χ1n) is 12.2. The van der Waals surface area contributed by atoms with Crippen molar-refractivity contribution >= 4 is 5.97 Å². The van der Waals surface area contributed by atoms with Crippen molar-refractivity contribution in [2.24, 2.45) is 0 Å². The average molecular weight is 511 g/mol. The Hall–Kier alpha value is -3.67. The molecule has 0 aliphatic rings. The van der Waals surface area contributed by atoms with E-state index in [4.69, 9.17) is 4.74 Å². The maximum Gasteiger partial charge on any atom is 0.343 e. The number of hydrogen-bond donors (Lipinski definition) is 0. The second-order valence-corrected chi connectivity index (χ2v) is 8.67. The zero-order chi connectivity index (χ0) is 26.9. The van der Waals surface area contributed by atoms with Crippen molar-refractivity contribution in [2.75, 3.05) is 0 Å². The molecule has 0 saturated heterocycles. The van der Waals surface area contributed by atoms with Crippen LogP contribution in [0.5, 0.6) is 5.75 Å². The van der Waals surface area contributed by atoms with Gasteiger partial charge in [-0.1, -0.05) is 72.8 Å². The molecule has 194 valence electrons. The Bertz CT molecular complexity index is 1210. The summed E-state index contributed by atoms with van der Waals surface area (Å²) in [5.41, 5.74) is 0.174. The lowest BCUT2D eigenvalue weighted by Crippen LogP contribution is -2.35. The van der Waals surface area contributed by atoms with Crippen LogP contribution in [0.4, 0.5) is 17.6 Å². The zero-order valence-electron chi connectivity index (χ0n) is 20.9. The highest BCUT2D eigenvalue weighted by molar-refractivity contribution is 5.91. The van der Waals surface area contributed by atoms with Crippen LogP contribution in [0.3, 0.4) is 0 Å². The first-order valence-corrected chi connectivity index (χ1v) is 12.2. The van der Waals surface area contributed by atoms with E-state index in [1.807, 2.05) is 44.2 Å². The second kappa shape index (κ2) is 12.5. The van der Waals surface area contributed by atoms with Gasteiger partial charge in [0.15, 0.2) is 0 Å². The van der Waals surface area contributed by atoms with E-state index in [2.05, 4.69) is 6.08 Å². The Morgan fingerprint density at radius 1 is 0.676 bits per heavy atom. The molecule has 2 nitrogen and oxygen atoms in total. The van der Waals surface area contributed by atoms with E-state index >= 15 is 0 Å². The summed E-state index contributed by atoms with van der Waals surface area (Å²) in [6, 6.07) is 15.7. The third-order valence-corrected chi connectivity index (χ3v) is 6.00. The van der Waals surface area contributed by atoms with Gasteiger partial charge in [0.2, 0.25) is 0 Å². The molecule has 0 aliphatic heterocycles. The fourth-order valence-electron chi connectivity index (χ4n) is 3.78. The standard InChI is InChI=1S/C31H30F4O2/c1-3-5-7-9-23-11-17-26(18-12-23)30(32,33)31(34,35)27-19-15-25(16-20-27)29(36)37-28-21-13-24(14-22-28)10-8-6-4-2/h3-6,11-22H,7-10H2,1-2H3/b5-3+,6-4+. The van der Waals surface area contributed by atoms with Gasteiger partial charge in [0.05, 0.1) is 5.56 Å². The van der Waals surface area contributed by atoms with Gasteiger partial charge in [-0.05, 0) is 74.9 Å². The number of rotatable bonds is 11. The molecule has 3 aromatic rings. The van der Waals surface area contributed by atoms with Gasteiger partial charge in [-0.3, -0.25) is 0 Å². The molecule has 3 aromatic carbocycles. The Morgan fingerprint density at radius 3 is 1.51 bits per heavy atom. The highest BCUT2D eigenvalue weighted by Crippen LogP contribution is 2.49. The van der Waals surface area contributed by atoms with Crippen molar-refractivity contribution < 1.29 is 27.1 Å². The number of alkyl halides is 4. The lowest BCUT2D eigenvalue weighted by atomic mass is 9.94. The molecule has 0 unspecified atom stereocenters. The molecule has 37 heavy (non-hydrogen) atoms. The van der Waals surface area contributed by atoms with Crippen LogP contribution < -0.4 is 4.74 Å². The van der Waals surface area contributed by atoms with Crippen molar-refractivity contribution in [1.82, 2.24) is 0 Å². The van der Waals surface area contributed by atoms with Crippen LogP contribution in [0.1, 0.15) is 59.3 Å². The first kappa shape index (κ1) is 27.9. The number of ether oxygens (including phenoxy) is 1. The van der Waals surface area contributed by atoms with E-state index in [9.17, 15) is 22.4 Å². The van der Waals surface area contributed by atoms with Gasteiger partial charge in [0, 0.05) is 11.1 Å². The van der Waals surface area contributed by atoms with Gasteiger partial charge in [0.1, 0.15) is 5.75 Å². The molecule has 0 spiro atoms. The average Bonchev–Trinajstić information content (AvgIpc) is 2.90. The maximum atomic E-state index is 14.9. The van der Waals surface area contributed by atoms with Crippen LogP contribution in [-0.4, -0.2) is 5.97 Å². The lowest BCUT2D eigenvalue weighted by Gasteiger charge is -2.27. The number of carbonyl (C=O) groups is 1. The molecule has 3 rings (SSSR count). The fourth-order valence-corrected chi connectivity index (χ4v) is 3.78. The predicted molar refractivity (Wildman–Crippen MR) is 138 cm³/mol. The molecule has 0 aliphatic carbocycles. The summed E-state index contributed by atoms with van der Waals surface area (Å²) in [6.07, 6.45) is 11.0. The molecular formula is C31H30F4O2. The largest absolute Gasteiger partial charge is 0.423 e. The van der Waals surface area contributed by atoms with Gasteiger partial charge < -0.3 is 4.74 Å². The Labute approximate surface area is 215 Å². The third-order valence-electron chi connectivity index (χ3n) is 6.00. The second-order valence-electron chi connectivity index (χ2n) is 8.67. The normalized spacial score (nSPS) is 12.4. The summed E-state index contributed by atoms with van der Waals surface area (Å²) in [4.78, 5) is 12.4. The minimum absolute atomic E-state index is 0.0227. The van der Waals surface area contributed by atoms with E-state index in [-0.39, 0.29) is 5.56 Å². The summed E-state index contributed by atoms with van der Waals surface area (Å²) in [6.45, 7) is 3.83. The Balaban J connectivity index is 1.68. The monoisotopic (exact) mass is 510 g/mol. The van der Waals surface area contributed by atoms with Crippen molar-refractivity contribution in [3.8, 4) is 5.75 Å². The van der Waals surface area contributed by atoms with Gasteiger partial charge in [-0.15, -0.1) is 0 Å². The highest BCUT2D eigenvalue weighted by atomic mass is 19.3. The molecule has 0 fully saturated rings. The third kappa shape index (κ3) is 6.97. The number of carbonyl (C=O) groups excluding carboxylic acids is 1. The van der Waals surface area contributed by atoms with Crippen molar-refractivity contribution in [3.05, 3.63) is 125 Å². The molecule has 6 heteroatoms. The molecule has 0 amide bonds. The van der Waals surface area contributed by atoms with E-state index in [1.54, 1.807) is 12.1 Å². The summed E-state index contributed by atoms with van der Waals surface area (Å²) in [5, 5.41) is 0. The number of allylic oxidation sites excluding steroid dienone is 4. The van der Waals surface area contributed by atoms with Gasteiger partial charge >= 0.3 is 17.8 Å². The van der Waals surface area contributed by atoms with E-state index < -0.39 is 28.9 Å². The quantitative estimate of drug-likeness (QED) is 0.112. The number of esters is 1. The molecular weight excluding hydrogens is 480 g/mol. The van der Waals surface area contributed by atoms with Crippen molar-refractivity contribution in [1.29, 1.82) is 0 Å². The topological polar surface area (TPSA) is 26.3 Å². The molecule has 0 radical (unpaired) electrons. The summed E-state index contributed by atoms with van der Waals surface area (Å²) in [7, 11) is 0. The molecule has 0 atom stereocenters. The van der Waals surface area contributed by atoms with Gasteiger partial charge in [-0.25, -0.2) is 4.79 Å². The SMILES string of the molecule is C/C=C/CCc1ccc(OC(=O)c2ccc(C(F)(F)C(F)(F)c3ccc(CC/C=C/C)cc3)cc2)cc1. The van der Waals surface area contributed by atoms with Crippen LogP contribution in [0.2, 0.25) is 0 Å². The summed E-state index contributed by atoms with van der Waals surface area (Å²) < 4.78 is 64.9. The molecule has 0 N–H and O–H groups in total. The summed E-state index contributed by atoms with van der Waals surface area (Å²) in [5.74, 6) is -9.39. The Kier molecular flexibility index (Phi) is 9.45. The van der Waals surface area contributed by atoms with E-state index in [0.717, 1.165) is 66.8 Å². The smallest absolute Gasteiger partial charge is 0.343 e. The molecule has 0 aromatic heterocycles. The van der Waals surface area contributed by atoms with Gasteiger partial charge in [-0.2, -0.15) is 17.6 Å². The minimum atomic E-state index is -4.48. The first-order chi connectivity index (χ1) is 17.7. The fraction of sp³-hybridized carbons (Fsp3) is 0.258. The van der Waals surface area contributed by atoms with Crippen LogP contribution in [0.15, 0.2) is 97.1 Å². The number of halogens is 4. The lowest BCUT2D eigenvalue weighted by molar-refractivity contribution is -0.223. The highest BCUT2D eigenvalue weighted by Gasteiger charge is 2.58. The minimum Gasteiger partial charge on any atom is -0.423 e. The maximum absolute atomic E-state index is 14.9. The number of hydrogen-bond acceptors (Lipinski definition) is 2. The van der Waals surface area contributed by atoms with Gasteiger partial charge in [0.25, 0.3) is 0 Å². The van der Waals surface area contributed by atoms with Crippen LogP contribution in [-0.2, 0) is 24.7 Å². The van der Waals surface area contributed by atoms with Crippen LogP contribution in [0.25, 0.3) is 0 Å². The molecule has 0 saturated carbocycles. The summed E-state index contributed by atoms with van der Waals surface area (Å²) >= 11 is 0. The van der Waals surface area contributed by atoms with Crippen molar-refractivity contribution in [2.45, 2.75) is 51.4 Å². The van der Waals surface area contributed by atoms with Crippen LogP contribution in [0, 0.1) is 0 Å². The zero-order valence-corrected chi connectivity index (χ0v) is 20.9. The Morgan fingerprint density at radius 2 is 1.08 bits per heavy atom. The predicted octanol–water partition coefficient (Wildman–Crippen LogP) is 8.81. The molecule has 0 bridgehead atoms.